The van der Waals surface area contributed by atoms with E-state index in [0.29, 0.717) is 41.1 Å². The summed E-state index contributed by atoms with van der Waals surface area (Å²) in [5, 5.41) is 12.8. The van der Waals surface area contributed by atoms with Crippen molar-refractivity contribution in [3.8, 4) is 11.8 Å². The van der Waals surface area contributed by atoms with E-state index in [9.17, 15) is 14.7 Å². The normalized spacial score (nSPS) is 14.8. The number of fused-ring (bicyclic) bond motifs is 1. The lowest BCUT2D eigenvalue weighted by molar-refractivity contribution is -0.140. The van der Waals surface area contributed by atoms with Crippen LogP contribution in [0.3, 0.4) is 0 Å². The van der Waals surface area contributed by atoms with Crippen LogP contribution in [0.2, 0.25) is 0 Å². The van der Waals surface area contributed by atoms with Crippen molar-refractivity contribution in [2.45, 2.75) is 38.2 Å². The molecule has 8 nitrogen and oxygen atoms in total. The summed E-state index contributed by atoms with van der Waals surface area (Å²) in [6.45, 7) is 3.63. The molecule has 1 unspecified atom stereocenters. The minimum atomic E-state index is -0.932. The molecule has 1 atom stereocenters. The van der Waals surface area contributed by atoms with Gasteiger partial charge >= 0.3 is 12.1 Å². The second-order valence-electron chi connectivity index (χ2n) is 8.15. The van der Waals surface area contributed by atoms with Crippen LogP contribution in [0.25, 0.3) is 11.2 Å². The standard InChI is InChI=1S/C25H20N2O6S/c1-14(16-6-4-3-5-7-16)31-24(30)26-21-15(2)34-27-19(21)9-8-18-12-17-13-20(33-22(17)32-18)25(10-11-25)23(28)29/h3-7,12-14H,10-11H2,1-2H3,(H,26,30)(H,28,29). The van der Waals surface area contributed by atoms with Gasteiger partial charge in [-0.15, -0.1) is 0 Å². The number of hydrogen-bond acceptors (Lipinski definition) is 7. The second-order valence-corrected chi connectivity index (χ2v) is 9.12. The topological polar surface area (TPSA) is 115 Å². The fourth-order valence-corrected chi connectivity index (χ4v) is 4.24. The lowest BCUT2D eigenvalue weighted by Gasteiger charge is -2.14. The summed E-state index contributed by atoms with van der Waals surface area (Å²) in [5.41, 5.74) is 0.832. The fraction of sp³-hybridized carbons (Fsp3) is 0.240. The smallest absolute Gasteiger partial charge is 0.412 e. The van der Waals surface area contributed by atoms with Crippen LogP contribution in [-0.2, 0) is 14.9 Å². The number of aryl methyl sites for hydroxylation is 1. The first-order valence-corrected chi connectivity index (χ1v) is 11.4. The Kier molecular flexibility index (Phi) is 5.38. The number of carbonyl (C=O) groups is 2. The first-order chi connectivity index (χ1) is 16.4. The van der Waals surface area contributed by atoms with E-state index in [1.165, 1.54) is 11.5 Å². The largest absolute Gasteiger partial charge is 0.480 e. The van der Waals surface area contributed by atoms with E-state index < -0.39 is 23.6 Å². The van der Waals surface area contributed by atoms with Gasteiger partial charge in [-0.2, -0.15) is 4.37 Å². The zero-order valence-corrected chi connectivity index (χ0v) is 19.2. The summed E-state index contributed by atoms with van der Waals surface area (Å²) in [6, 6.07) is 12.8. The molecule has 1 aliphatic rings. The van der Waals surface area contributed by atoms with Crippen molar-refractivity contribution in [1.82, 2.24) is 4.37 Å². The molecule has 5 rings (SSSR count). The molecule has 172 valence electrons. The minimum Gasteiger partial charge on any atom is -0.480 e. The molecule has 1 aliphatic carbocycles. The monoisotopic (exact) mass is 476 g/mol. The van der Waals surface area contributed by atoms with Crippen LogP contribution in [0.5, 0.6) is 0 Å². The molecular weight excluding hydrogens is 456 g/mol. The molecule has 1 saturated carbocycles. The van der Waals surface area contributed by atoms with Crippen LogP contribution in [-0.4, -0.2) is 21.5 Å². The lowest BCUT2D eigenvalue weighted by Crippen LogP contribution is -2.18. The van der Waals surface area contributed by atoms with Gasteiger partial charge in [0, 0.05) is 10.9 Å². The highest BCUT2D eigenvalue weighted by Gasteiger charge is 2.54. The first-order valence-electron chi connectivity index (χ1n) is 10.6. The molecule has 2 N–H and O–H groups in total. The molecule has 3 aromatic heterocycles. The van der Waals surface area contributed by atoms with E-state index in [1.54, 1.807) is 19.1 Å². The summed E-state index contributed by atoms with van der Waals surface area (Å²) in [6.07, 6.45) is 0.0907. The number of furan rings is 2. The number of aliphatic carboxylic acids is 1. The van der Waals surface area contributed by atoms with Crippen molar-refractivity contribution in [3.63, 3.8) is 0 Å². The number of carboxylic acid groups (broad SMARTS) is 1. The van der Waals surface area contributed by atoms with Gasteiger partial charge in [0.15, 0.2) is 11.5 Å². The lowest BCUT2D eigenvalue weighted by atomic mass is 10.0. The SMILES string of the molecule is Cc1snc(C#Cc2cc3cc(C4(C(=O)O)CC4)oc3o2)c1NC(=O)OC(C)c1ccccc1. The fourth-order valence-electron chi connectivity index (χ4n) is 3.64. The molecule has 34 heavy (non-hydrogen) atoms. The van der Waals surface area contributed by atoms with Gasteiger partial charge in [-0.3, -0.25) is 10.1 Å². The van der Waals surface area contributed by atoms with Crippen molar-refractivity contribution in [2.75, 3.05) is 5.32 Å². The van der Waals surface area contributed by atoms with Crippen molar-refractivity contribution in [2.24, 2.45) is 0 Å². The molecule has 3 heterocycles. The quantitative estimate of drug-likeness (QED) is 0.359. The molecule has 0 aliphatic heterocycles. The summed E-state index contributed by atoms with van der Waals surface area (Å²) in [7, 11) is 0. The predicted molar refractivity (Wildman–Crippen MR) is 125 cm³/mol. The molecule has 1 aromatic carbocycles. The van der Waals surface area contributed by atoms with Crippen LogP contribution >= 0.6 is 11.5 Å². The molecule has 0 bridgehead atoms. The van der Waals surface area contributed by atoms with Crippen LogP contribution in [0.1, 0.15) is 53.5 Å². The van der Waals surface area contributed by atoms with Gasteiger partial charge in [-0.05, 0) is 61.7 Å². The number of carboxylic acids is 1. The van der Waals surface area contributed by atoms with Crippen molar-refractivity contribution < 1.29 is 28.3 Å². The first kappa shape index (κ1) is 21.8. The maximum atomic E-state index is 12.4. The van der Waals surface area contributed by atoms with Gasteiger partial charge in [-0.25, -0.2) is 4.79 Å². The van der Waals surface area contributed by atoms with E-state index in [2.05, 4.69) is 21.5 Å². The zero-order chi connectivity index (χ0) is 23.9. The van der Waals surface area contributed by atoms with Gasteiger partial charge < -0.3 is 18.7 Å². The molecule has 1 amide bonds. The molecule has 0 spiro atoms. The third-order valence-corrected chi connectivity index (χ3v) is 6.54. The van der Waals surface area contributed by atoms with E-state index in [1.807, 2.05) is 37.3 Å². The number of ether oxygens (including phenoxy) is 1. The number of anilines is 1. The predicted octanol–water partition coefficient (Wildman–Crippen LogP) is 5.62. The highest BCUT2D eigenvalue weighted by Crippen LogP contribution is 2.50. The van der Waals surface area contributed by atoms with E-state index in [4.69, 9.17) is 13.6 Å². The molecule has 9 heteroatoms. The number of nitrogens with one attached hydrogen (secondary N) is 1. The molecule has 4 aromatic rings. The highest BCUT2D eigenvalue weighted by molar-refractivity contribution is 7.06. The maximum absolute atomic E-state index is 12.4. The van der Waals surface area contributed by atoms with Gasteiger partial charge in [0.2, 0.25) is 0 Å². The van der Waals surface area contributed by atoms with Crippen LogP contribution in [0.4, 0.5) is 10.5 Å². The van der Waals surface area contributed by atoms with Crippen LogP contribution in [0.15, 0.2) is 51.3 Å². The number of benzene rings is 1. The summed E-state index contributed by atoms with van der Waals surface area (Å²) in [4.78, 5) is 24.7. The summed E-state index contributed by atoms with van der Waals surface area (Å²) in [5.74, 6) is 5.89. The number of aromatic nitrogens is 1. The number of rotatable bonds is 5. The van der Waals surface area contributed by atoms with E-state index in [-0.39, 0.29) is 5.78 Å². The van der Waals surface area contributed by atoms with Crippen LogP contribution in [0, 0.1) is 18.8 Å². The summed E-state index contributed by atoms with van der Waals surface area (Å²) >= 11 is 1.22. The van der Waals surface area contributed by atoms with Crippen molar-refractivity contribution >= 4 is 40.4 Å². The Morgan fingerprint density at radius 2 is 1.97 bits per heavy atom. The van der Waals surface area contributed by atoms with E-state index in [0.717, 1.165) is 10.4 Å². The zero-order valence-electron chi connectivity index (χ0n) is 18.4. The molecule has 1 fully saturated rings. The van der Waals surface area contributed by atoms with E-state index >= 15 is 0 Å². The van der Waals surface area contributed by atoms with Gasteiger partial charge in [0.1, 0.15) is 17.3 Å². The highest BCUT2D eigenvalue weighted by atomic mass is 32.1. The average molecular weight is 477 g/mol. The Hall–Kier alpha value is -4.03. The minimum absolute atomic E-state index is 0.234. The Bertz CT molecular complexity index is 1420. The van der Waals surface area contributed by atoms with Crippen LogP contribution < -0.4 is 5.32 Å². The number of hydrogen-bond donors (Lipinski definition) is 2. The number of nitrogens with zero attached hydrogens (tertiary/aromatic N) is 1. The molecule has 0 saturated heterocycles. The van der Waals surface area contributed by atoms with Gasteiger partial charge in [-0.1, -0.05) is 30.3 Å². The molecular formula is C25H20N2O6S. The number of carbonyl (C=O) groups excluding carboxylic acids is 1. The molecule has 0 radical (unpaired) electrons. The number of amides is 1. The second kappa shape index (κ2) is 8.39. The Balaban J connectivity index is 1.30. The van der Waals surface area contributed by atoms with Gasteiger partial charge in [0.05, 0.1) is 11.1 Å². The third kappa shape index (κ3) is 4.04. The van der Waals surface area contributed by atoms with Gasteiger partial charge in [0.25, 0.3) is 5.78 Å². The Morgan fingerprint density at radius 3 is 2.65 bits per heavy atom. The summed E-state index contributed by atoms with van der Waals surface area (Å²) < 4.78 is 21.1. The van der Waals surface area contributed by atoms with Crippen molar-refractivity contribution in [3.05, 3.63) is 70.1 Å². The van der Waals surface area contributed by atoms with Crippen molar-refractivity contribution in [1.29, 1.82) is 0 Å². The maximum Gasteiger partial charge on any atom is 0.412 e. The Labute approximate surface area is 198 Å². The Morgan fingerprint density at radius 1 is 1.21 bits per heavy atom. The average Bonchev–Trinajstić information content (AvgIpc) is 3.26. The third-order valence-electron chi connectivity index (χ3n) is 5.79.